The number of hydrogen-bond donors (Lipinski definition) is 0. The Labute approximate surface area is 146 Å². The molecule has 134 valence electrons. The largest absolute Gasteiger partial charge is 0.465 e. The molecule has 2 saturated heterocycles. The van der Waals surface area contributed by atoms with Gasteiger partial charge in [-0.2, -0.15) is 0 Å². The molecule has 2 atom stereocenters. The number of ether oxygens (including phenoxy) is 1. The average molecular weight is 332 g/mol. The van der Waals surface area contributed by atoms with Crippen LogP contribution in [0.4, 0.5) is 0 Å². The van der Waals surface area contributed by atoms with E-state index in [0.29, 0.717) is 18.6 Å². The minimum atomic E-state index is -0.0737. The Kier molecular flexibility index (Phi) is 3.92. The van der Waals surface area contributed by atoms with Crippen LogP contribution >= 0.6 is 0 Å². The monoisotopic (exact) mass is 331 g/mol. The molecule has 6 aliphatic rings. The molecule has 2 heterocycles. The molecule has 3 heteroatoms. The molecular formula is C21H33NO2. The molecule has 0 aromatic heterocycles. The summed E-state index contributed by atoms with van der Waals surface area (Å²) in [7, 11) is 0. The fourth-order valence-corrected chi connectivity index (χ4v) is 7.47. The van der Waals surface area contributed by atoms with Gasteiger partial charge in [0, 0.05) is 12.0 Å². The number of nitrogens with zero attached hydrogens (tertiary/aromatic N) is 1. The fraction of sp³-hybridized carbons (Fsp3) is 0.952. The molecular weight excluding hydrogens is 298 g/mol. The molecule has 0 radical (unpaired) electrons. The maximum atomic E-state index is 13.1. The summed E-state index contributed by atoms with van der Waals surface area (Å²) in [5.41, 5.74) is -0.0737. The zero-order chi connectivity index (χ0) is 16.1. The van der Waals surface area contributed by atoms with E-state index < -0.39 is 0 Å². The van der Waals surface area contributed by atoms with Crippen LogP contribution in [0.25, 0.3) is 0 Å². The predicted molar refractivity (Wildman–Crippen MR) is 93.5 cm³/mol. The number of esters is 1. The highest BCUT2D eigenvalue weighted by Gasteiger charge is 2.55. The number of piperidine rings is 2. The Bertz CT molecular complexity index is 465. The standard InChI is InChI=1S/C21H33NO2/c23-20(21-11-15-8-16(12-21)10-17(9-15)13-21)24-14-18-4-3-7-22-6-2-1-5-19(18)22/h15-19H,1-14H2. The third kappa shape index (κ3) is 2.62. The van der Waals surface area contributed by atoms with Crippen molar-refractivity contribution in [1.29, 1.82) is 0 Å². The number of fused-ring (bicyclic) bond motifs is 1. The van der Waals surface area contributed by atoms with Gasteiger partial charge in [-0.25, -0.2) is 0 Å². The topological polar surface area (TPSA) is 29.5 Å². The highest BCUT2D eigenvalue weighted by atomic mass is 16.5. The normalized spacial score (nSPS) is 47.4. The zero-order valence-corrected chi connectivity index (χ0v) is 15.0. The Morgan fingerprint density at radius 2 is 1.58 bits per heavy atom. The molecule has 4 bridgehead atoms. The second-order valence-corrected chi connectivity index (χ2v) is 9.80. The molecule has 6 rings (SSSR count). The number of rotatable bonds is 3. The molecule has 3 nitrogen and oxygen atoms in total. The molecule has 4 saturated carbocycles. The van der Waals surface area contributed by atoms with Crippen molar-refractivity contribution in [3.63, 3.8) is 0 Å². The van der Waals surface area contributed by atoms with Crippen molar-refractivity contribution in [2.75, 3.05) is 19.7 Å². The molecule has 6 fully saturated rings. The maximum Gasteiger partial charge on any atom is 0.312 e. The van der Waals surface area contributed by atoms with Crippen molar-refractivity contribution in [2.24, 2.45) is 29.1 Å². The van der Waals surface area contributed by atoms with Crippen LogP contribution in [0.3, 0.4) is 0 Å². The third-order valence-corrected chi connectivity index (χ3v) is 8.13. The minimum Gasteiger partial charge on any atom is -0.465 e. The van der Waals surface area contributed by atoms with Crippen LogP contribution in [0.2, 0.25) is 0 Å². The summed E-state index contributed by atoms with van der Waals surface area (Å²) in [5.74, 6) is 3.26. The lowest BCUT2D eigenvalue weighted by Crippen LogP contribution is -2.52. The van der Waals surface area contributed by atoms with Crippen molar-refractivity contribution in [1.82, 2.24) is 4.90 Å². The van der Waals surface area contributed by atoms with Gasteiger partial charge in [-0.15, -0.1) is 0 Å². The van der Waals surface area contributed by atoms with Crippen LogP contribution < -0.4 is 0 Å². The van der Waals surface area contributed by atoms with Crippen molar-refractivity contribution in [3.8, 4) is 0 Å². The quantitative estimate of drug-likeness (QED) is 0.732. The van der Waals surface area contributed by atoms with Gasteiger partial charge in [0.05, 0.1) is 12.0 Å². The predicted octanol–water partition coefficient (Wildman–Crippen LogP) is 4.01. The van der Waals surface area contributed by atoms with Crippen LogP contribution in [-0.2, 0) is 9.53 Å². The number of carbonyl (C=O) groups is 1. The summed E-state index contributed by atoms with van der Waals surface area (Å²) in [4.78, 5) is 15.7. The lowest BCUT2D eigenvalue weighted by atomic mass is 9.49. The molecule has 0 spiro atoms. The molecule has 0 aromatic rings. The Balaban J connectivity index is 1.23. The molecule has 2 unspecified atom stereocenters. The van der Waals surface area contributed by atoms with Gasteiger partial charge in [0.1, 0.15) is 0 Å². The van der Waals surface area contributed by atoms with Crippen molar-refractivity contribution >= 4 is 5.97 Å². The van der Waals surface area contributed by atoms with Gasteiger partial charge in [-0.1, -0.05) is 6.42 Å². The van der Waals surface area contributed by atoms with Crippen LogP contribution in [-0.4, -0.2) is 36.6 Å². The Morgan fingerprint density at radius 1 is 0.917 bits per heavy atom. The van der Waals surface area contributed by atoms with Gasteiger partial charge in [0.2, 0.25) is 0 Å². The first-order valence-corrected chi connectivity index (χ1v) is 10.6. The third-order valence-electron chi connectivity index (χ3n) is 8.13. The Hall–Kier alpha value is -0.570. The molecule has 4 aliphatic carbocycles. The summed E-state index contributed by atoms with van der Waals surface area (Å²) in [6.45, 7) is 3.23. The molecule has 0 aromatic carbocycles. The summed E-state index contributed by atoms with van der Waals surface area (Å²) in [5, 5.41) is 0. The first-order valence-electron chi connectivity index (χ1n) is 10.6. The molecule has 0 amide bonds. The van der Waals surface area contributed by atoms with E-state index in [-0.39, 0.29) is 11.4 Å². The van der Waals surface area contributed by atoms with E-state index in [1.807, 2.05) is 0 Å². The van der Waals surface area contributed by atoms with Gasteiger partial charge in [-0.05, 0) is 95.1 Å². The summed E-state index contributed by atoms with van der Waals surface area (Å²) in [6.07, 6.45) is 14.2. The van der Waals surface area contributed by atoms with E-state index in [1.54, 1.807) is 0 Å². The van der Waals surface area contributed by atoms with Gasteiger partial charge in [0.15, 0.2) is 0 Å². The smallest absolute Gasteiger partial charge is 0.312 e. The summed E-state index contributed by atoms with van der Waals surface area (Å²) in [6, 6.07) is 0.691. The second kappa shape index (κ2) is 6.00. The van der Waals surface area contributed by atoms with Crippen LogP contribution in [0.5, 0.6) is 0 Å². The van der Waals surface area contributed by atoms with E-state index >= 15 is 0 Å². The average Bonchev–Trinajstić information content (AvgIpc) is 2.58. The maximum absolute atomic E-state index is 13.1. The molecule has 0 N–H and O–H groups in total. The SMILES string of the molecule is O=C(OCC1CCCN2CCCCC12)C12CC3CC(CC(C3)C1)C2. The van der Waals surface area contributed by atoms with Gasteiger partial charge in [-0.3, -0.25) is 9.69 Å². The van der Waals surface area contributed by atoms with Crippen molar-refractivity contribution in [2.45, 2.75) is 76.7 Å². The van der Waals surface area contributed by atoms with E-state index in [1.165, 1.54) is 64.5 Å². The van der Waals surface area contributed by atoms with Crippen LogP contribution in [0, 0.1) is 29.1 Å². The second-order valence-electron chi connectivity index (χ2n) is 9.80. The van der Waals surface area contributed by atoms with E-state index in [0.717, 1.165) is 37.0 Å². The number of carbonyl (C=O) groups excluding carboxylic acids is 1. The highest BCUT2D eigenvalue weighted by molar-refractivity contribution is 5.77. The first kappa shape index (κ1) is 15.7. The van der Waals surface area contributed by atoms with E-state index in [2.05, 4.69) is 4.90 Å². The first-order chi connectivity index (χ1) is 11.7. The van der Waals surface area contributed by atoms with E-state index in [9.17, 15) is 4.79 Å². The molecule has 2 aliphatic heterocycles. The van der Waals surface area contributed by atoms with Crippen molar-refractivity contribution in [3.05, 3.63) is 0 Å². The Morgan fingerprint density at radius 3 is 2.29 bits per heavy atom. The van der Waals surface area contributed by atoms with Crippen molar-refractivity contribution < 1.29 is 9.53 Å². The summed E-state index contributed by atoms with van der Waals surface area (Å²) >= 11 is 0. The van der Waals surface area contributed by atoms with E-state index in [4.69, 9.17) is 4.74 Å². The van der Waals surface area contributed by atoms with Gasteiger partial charge < -0.3 is 4.74 Å². The van der Waals surface area contributed by atoms with Gasteiger partial charge >= 0.3 is 5.97 Å². The molecule has 24 heavy (non-hydrogen) atoms. The zero-order valence-electron chi connectivity index (χ0n) is 15.0. The fourth-order valence-electron chi connectivity index (χ4n) is 7.47. The lowest BCUT2D eigenvalue weighted by molar-refractivity contribution is -0.174. The van der Waals surface area contributed by atoms with Crippen LogP contribution in [0.15, 0.2) is 0 Å². The highest BCUT2D eigenvalue weighted by Crippen LogP contribution is 2.60. The van der Waals surface area contributed by atoms with Crippen LogP contribution in [0.1, 0.15) is 70.6 Å². The lowest BCUT2D eigenvalue weighted by Gasteiger charge is -2.55. The number of hydrogen-bond acceptors (Lipinski definition) is 3. The summed E-state index contributed by atoms with van der Waals surface area (Å²) < 4.78 is 6.05. The minimum absolute atomic E-state index is 0.0737. The van der Waals surface area contributed by atoms with Gasteiger partial charge in [0.25, 0.3) is 0 Å².